The van der Waals surface area contributed by atoms with Crippen molar-refractivity contribution < 1.29 is 4.42 Å². The lowest BCUT2D eigenvalue weighted by molar-refractivity contribution is 0.245. The predicted molar refractivity (Wildman–Crippen MR) is 80.1 cm³/mol. The molecular weight excluding hydrogens is 244 g/mol. The van der Waals surface area contributed by atoms with Gasteiger partial charge in [-0.1, -0.05) is 6.92 Å². The number of hydrogen-bond donors (Lipinski definition) is 1. The summed E-state index contributed by atoms with van der Waals surface area (Å²) in [5.74, 6) is 3.26. The van der Waals surface area contributed by atoms with Gasteiger partial charge in [0.2, 0.25) is 0 Å². The van der Waals surface area contributed by atoms with Crippen LogP contribution < -0.4 is 5.32 Å². The highest BCUT2D eigenvalue weighted by Crippen LogP contribution is 2.17. The van der Waals surface area contributed by atoms with E-state index in [4.69, 9.17) is 4.42 Å². The Morgan fingerprint density at radius 3 is 2.83 bits per heavy atom. The molecule has 18 heavy (non-hydrogen) atoms. The summed E-state index contributed by atoms with van der Waals surface area (Å²) in [5, 5.41) is 3.34. The molecule has 0 saturated heterocycles. The first-order valence-corrected chi connectivity index (χ1v) is 7.95. The summed E-state index contributed by atoms with van der Waals surface area (Å²) in [5.41, 5.74) is 1.28. The Hall–Kier alpha value is -0.450. The van der Waals surface area contributed by atoms with Gasteiger partial charge in [-0.15, -0.1) is 0 Å². The normalized spacial score (nSPS) is 13.2. The van der Waals surface area contributed by atoms with Crippen molar-refractivity contribution >= 4 is 11.8 Å². The quantitative estimate of drug-likeness (QED) is 0.786. The molecule has 0 amide bonds. The van der Waals surface area contributed by atoms with E-state index in [0.29, 0.717) is 6.04 Å². The molecule has 1 aromatic heterocycles. The van der Waals surface area contributed by atoms with E-state index in [-0.39, 0.29) is 0 Å². The molecule has 0 aliphatic carbocycles. The van der Waals surface area contributed by atoms with E-state index >= 15 is 0 Å². The molecule has 0 radical (unpaired) electrons. The minimum Gasteiger partial charge on any atom is -0.465 e. The number of furan rings is 1. The third kappa shape index (κ3) is 4.67. The average Bonchev–Trinajstić information content (AvgIpc) is 2.67. The lowest BCUT2D eigenvalue weighted by Gasteiger charge is -2.22. The molecular formula is C14H26N2OS. The van der Waals surface area contributed by atoms with Gasteiger partial charge in [0.05, 0.1) is 6.54 Å². The van der Waals surface area contributed by atoms with Gasteiger partial charge in [-0.2, -0.15) is 11.8 Å². The number of thioether (sulfide) groups is 1. The van der Waals surface area contributed by atoms with Crippen LogP contribution in [-0.4, -0.2) is 36.5 Å². The van der Waals surface area contributed by atoms with Gasteiger partial charge in [0.15, 0.2) is 0 Å². The molecule has 0 spiro atoms. The Labute approximate surface area is 115 Å². The maximum atomic E-state index is 5.82. The van der Waals surface area contributed by atoms with Gasteiger partial charge in [0.25, 0.3) is 0 Å². The van der Waals surface area contributed by atoms with Gasteiger partial charge in [-0.05, 0) is 39.8 Å². The Bertz CT molecular complexity index is 352. The Morgan fingerprint density at radius 1 is 1.50 bits per heavy atom. The van der Waals surface area contributed by atoms with Crippen LogP contribution in [0.3, 0.4) is 0 Å². The van der Waals surface area contributed by atoms with Crippen LogP contribution in [0.1, 0.15) is 30.9 Å². The summed E-state index contributed by atoms with van der Waals surface area (Å²) in [4.78, 5) is 2.34. The molecule has 0 saturated carbocycles. The number of hydrogen-bond acceptors (Lipinski definition) is 4. The maximum absolute atomic E-state index is 5.82. The monoisotopic (exact) mass is 270 g/mol. The van der Waals surface area contributed by atoms with Crippen LogP contribution in [0.25, 0.3) is 0 Å². The SMILES string of the molecule is CCNCc1cc(CN(C)C(C)CSC)oc1C. The largest absolute Gasteiger partial charge is 0.465 e. The molecule has 0 aromatic carbocycles. The zero-order valence-corrected chi connectivity index (χ0v) is 13.1. The van der Waals surface area contributed by atoms with Crippen molar-refractivity contribution in [3.8, 4) is 0 Å². The van der Waals surface area contributed by atoms with Crippen molar-refractivity contribution in [1.29, 1.82) is 0 Å². The Morgan fingerprint density at radius 2 is 2.22 bits per heavy atom. The molecule has 0 fully saturated rings. The first-order valence-electron chi connectivity index (χ1n) is 6.56. The smallest absolute Gasteiger partial charge is 0.118 e. The predicted octanol–water partition coefficient (Wildman–Crippen LogP) is 2.88. The fourth-order valence-electron chi connectivity index (χ4n) is 1.87. The third-order valence-electron chi connectivity index (χ3n) is 3.20. The third-order valence-corrected chi connectivity index (χ3v) is 4.02. The van der Waals surface area contributed by atoms with Gasteiger partial charge in [0, 0.05) is 23.9 Å². The van der Waals surface area contributed by atoms with E-state index in [9.17, 15) is 0 Å². The van der Waals surface area contributed by atoms with Gasteiger partial charge in [-0.25, -0.2) is 0 Å². The standard InChI is InChI=1S/C14H26N2OS/c1-6-15-8-13-7-14(17-12(13)3)9-16(4)11(2)10-18-5/h7,11,15H,6,8-10H2,1-5H3. The van der Waals surface area contributed by atoms with E-state index in [1.807, 2.05) is 18.7 Å². The van der Waals surface area contributed by atoms with Crippen LogP contribution in [0.15, 0.2) is 10.5 Å². The van der Waals surface area contributed by atoms with Crippen molar-refractivity contribution in [2.45, 2.75) is 39.9 Å². The average molecular weight is 270 g/mol. The number of rotatable bonds is 8. The summed E-state index contributed by atoms with van der Waals surface area (Å²) >= 11 is 1.89. The molecule has 1 unspecified atom stereocenters. The van der Waals surface area contributed by atoms with Gasteiger partial charge in [-0.3, -0.25) is 4.90 Å². The van der Waals surface area contributed by atoms with Crippen molar-refractivity contribution in [3.05, 3.63) is 23.2 Å². The van der Waals surface area contributed by atoms with Gasteiger partial charge < -0.3 is 9.73 Å². The summed E-state index contributed by atoms with van der Waals surface area (Å²) in [6.07, 6.45) is 2.15. The van der Waals surface area contributed by atoms with E-state index in [0.717, 1.165) is 36.9 Å². The maximum Gasteiger partial charge on any atom is 0.118 e. The topological polar surface area (TPSA) is 28.4 Å². The van der Waals surface area contributed by atoms with E-state index < -0.39 is 0 Å². The minimum atomic E-state index is 0.572. The lowest BCUT2D eigenvalue weighted by Crippen LogP contribution is -2.30. The highest BCUT2D eigenvalue weighted by molar-refractivity contribution is 7.98. The summed E-state index contributed by atoms with van der Waals surface area (Å²) in [6, 6.07) is 2.75. The molecule has 0 aliphatic heterocycles. The molecule has 1 aromatic rings. The second kappa shape index (κ2) is 7.87. The number of nitrogens with one attached hydrogen (secondary N) is 1. The van der Waals surface area contributed by atoms with Crippen LogP contribution in [-0.2, 0) is 13.1 Å². The summed E-state index contributed by atoms with van der Waals surface area (Å²) < 4.78 is 5.82. The van der Waals surface area contributed by atoms with E-state index in [2.05, 4.69) is 43.4 Å². The fourth-order valence-corrected chi connectivity index (χ4v) is 2.61. The zero-order valence-electron chi connectivity index (χ0n) is 12.2. The zero-order chi connectivity index (χ0) is 13.5. The minimum absolute atomic E-state index is 0.572. The first-order chi connectivity index (χ1) is 8.58. The van der Waals surface area contributed by atoms with Crippen molar-refractivity contribution in [3.63, 3.8) is 0 Å². The fraction of sp³-hybridized carbons (Fsp3) is 0.714. The first kappa shape index (κ1) is 15.6. The van der Waals surface area contributed by atoms with Gasteiger partial charge >= 0.3 is 0 Å². The molecule has 104 valence electrons. The summed E-state index contributed by atoms with van der Waals surface area (Å²) in [6.45, 7) is 9.19. The van der Waals surface area contributed by atoms with E-state index in [1.165, 1.54) is 5.56 Å². The second-order valence-electron chi connectivity index (χ2n) is 4.79. The molecule has 0 aliphatic rings. The molecule has 0 bridgehead atoms. The highest BCUT2D eigenvalue weighted by atomic mass is 32.2. The van der Waals surface area contributed by atoms with Crippen LogP contribution in [0.4, 0.5) is 0 Å². The lowest BCUT2D eigenvalue weighted by atomic mass is 10.2. The van der Waals surface area contributed by atoms with Gasteiger partial charge in [0.1, 0.15) is 11.5 Å². The Balaban J connectivity index is 2.56. The molecule has 1 N–H and O–H groups in total. The van der Waals surface area contributed by atoms with Crippen LogP contribution in [0.5, 0.6) is 0 Å². The van der Waals surface area contributed by atoms with Crippen LogP contribution >= 0.6 is 11.8 Å². The Kier molecular flexibility index (Phi) is 6.82. The number of nitrogens with zero attached hydrogens (tertiary/aromatic N) is 1. The van der Waals surface area contributed by atoms with E-state index in [1.54, 1.807) is 0 Å². The van der Waals surface area contributed by atoms with Crippen molar-refractivity contribution in [1.82, 2.24) is 10.2 Å². The molecule has 3 nitrogen and oxygen atoms in total. The summed E-state index contributed by atoms with van der Waals surface area (Å²) in [7, 11) is 2.16. The van der Waals surface area contributed by atoms with Crippen LogP contribution in [0, 0.1) is 6.92 Å². The second-order valence-corrected chi connectivity index (χ2v) is 5.70. The molecule has 4 heteroatoms. The van der Waals surface area contributed by atoms with Crippen molar-refractivity contribution in [2.24, 2.45) is 0 Å². The molecule has 1 rings (SSSR count). The molecule has 1 atom stereocenters. The van der Waals surface area contributed by atoms with Crippen LogP contribution in [0.2, 0.25) is 0 Å². The number of aryl methyl sites for hydroxylation is 1. The highest BCUT2D eigenvalue weighted by Gasteiger charge is 2.13. The molecule has 1 heterocycles. The van der Waals surface area contributed by atoms with Crippen molar-refractivity contribution in [2.75, 3.05) is 25.6 Å².